The Labute approximate surface area is 88.0 Å². The molecule has 1 aromatic heterocycles. The number of aromatic nitrogens is 1. The van der Waals surface area contributed by atoms with Gasteiger partial charge in [0.15, 0.2) is 5.75 Å². The van der Waals surface area contributed by atoms with Gasteiger partial charge in [0.2, 0.25) is 5.58 Å². The topological polar surface area (TPSA) is 35.3 Å². The van der Waals surface area contributed by atoms with Crippen molar-refractivity contribution in [3.05, 3.63) is 23.9 Å². The van der Waals surface area contributed by atoms with E-state index in [0.29, 0.717) is 12.5 Å². The molecule has 0 amide bonds. The normalized spacial score (nSPS) is 15.8. The van der Waals surface area contributed by atoms with Crippen molar-refractivity contribution in [2.24, 2.45) is 0 Å². The molecule has 0 N–H and O–H groups in total. The molecule has 1 saturated carbocycles. The van der Waals surface area contributed by atoms with Crippen LogP contribution in [0, 0.1) is 0 Å². The lowest BCUT2D eigenvalue weighted by Crippen LogP contribution is -1.91. The molecule has 0 aliphatic heterocycles. The van der Waals surface area contributed by atoms with Crippen LogP contribution in [0.3, 0.4) is 0 Å². The van der Waals surface area contributed by atoms with E-state index in [1.807, 2.05) is 19.1 Å². The Morgan fingerprint density at radius 3 is 3.07 bits per heavy atom. The van der Waals surface area contributed by atoms with Crippen LogP contribution in [0.5, 0.6) is 5.75 Å². The maximum Gasteiger partial charge on any atom is 0.208 e. The van der Waals surface area contributed by atoms with Crippen LogP contribution in [0.15, 0.2) is 22.7 Å². The van der Waals surface area contributed by atoms with Gasteiger partial charge >= 0.3 is 0 Å². The number of nitrogens with zero attached hydrogens (tertiary/aromatic N) is 1. The van der Waals surface area contributed by atoms with Gasteiger partial charge in [-0.15, -0.1) is 0 Å². The molecule has 3 heteroatoms. The molecule has 3 nitrogen and oxygen atoms in total. The zero-order valence-corrected chi connectivity index (χ0v) is 8.69. The summed E-state index contributed by atoms with van der Waals surface area (Å²) in [4.78, 5) is 0. The van der Waals surface area contributed by atoms with Crippen molar-refractivity contribution in [2.45, 2.75) is 25.7 Å². The molecule has 3 rings (SSSR count). The quantitative estimate of drug-likeness (QED) is 0.768. The molecule has 0 saturated heterocycles. The fraction of sp³-hybridized carbons (Fsp3) is 0.417. The van der Waals surface area contributed by atoms with Gasteiger partial charge < -0.3 is 9.26 Å². The Hall–Kier alpha value is -1.51. The largest absolute Gasteiger partial charge is 0.490 e. The summed E-state index contributed by atoms with van der Waals surface area (Å²) in [6, 6.07) is 5.98. The standard InChI is InChI=1S/C12H13NO2/c1-2-14-10-5-3-4-9-11(8-6-7-8)13-15-12(9)10/h3-5,8H,2,6-7H2,1H3. The molecule has 1 aliphatic rings. The summed E-state index contributed by atoms with van der Waals surface area (Å²) in [5.74, 6) is 1.41. The van der Waals surface area contributed by atoms with Crippen molar-refractivity contribution in [3.63, 3.8) is 0 Å². The van der Waals surface area contributed by atoms with Crippen molar-refractivity contribution < 1.29 is 9.26 Å². The second-order valence-corrected chi connectivity index (χ2v) is 3.91. The van der Waals surface area contributed by atoms with E-state index >= 15 is 0 Å². The first kappa shape index (κ1) is 8.77. The van der Waals surface area contributed by atoms with E-state index in [4.69, 9.17) is 9.26 Å². The lowest BCUT2D eigenvalue weighted by atomic mass is 10.1. The summed E-state index contributed by atoms with van der Waals surface area (Å²) in [7, 11) is 0. The average Bonchev–Trinajstić information content (AvgIpc) is 3.00. The van der Waals surface area contributed by atoms with Crippen LogP contribution < -0.4 is 4.74 Å². The fourth-order valence-electron chi connectivity index (χ4n) is 1.88. The third kappa shape index (κ3) is 1.39. The summed E-state index contributed by atoms with van der Waals surface area (Å²) >= 11 is 0. The SMILES string of the molecule is CCOc1cccc2c(C3CC3)noc12. The minimum Gasteiger partial charge on any atom is -0.490 e. The van der Waals surface area contributed by atoms with Crippen molar-refractivity contribution in [3.8, 4) is 5.75 Å². The number of ether oxygens (including phenoxy) is 1. The maximum atomic E-state index is 5.50. The molecule has 2 aromatic rings. The molecule has 0 spiro atoms. The third-order valence-corrected chi connectivity index (χ3v) is 2.75. The first-order chi connectivity index (χ1) is 7.40. The molecule has 1 fully saturated rings. The van der Waals surface area contributed by atoms with Gasteiger partial charge in [0, 0.05) is 11.3 Å². The zero-order chi connectivity index (χ0) is 10.3. The molecular formula is C12H13NO2. The van der Waals surface area contributed by atoms with Gasteiger partial charge in [-0.1, -0.05) is 11.2 Å². The molecule has 15 heavy (non-hydrogen) atoms. The Bertz CT molecular complexity index is 485. The van der Waals surface area contributed by atoms with Crippen LogP contribution in [0.4, 0.5) is 0 Å². The first-order valence-corrected chi connectivity index (χ1v) is 5.41. The van der Waals surface area contributed by atoms with E-state index in [2.05, 4.69) is 11.2 Å². The number of rotatable bonds is 3. The monoisotopic (exact) mass is 203 g/mol. The predicted octanol–water partition coefficient (Wildman–Crippen LogP) is 3.10. The van der Waals surface area contributed by atoms with Crippen LogP contribution in [-0.2, 0) is 0 Å². The van der Waals surface area contributed by atoms with Gasteiger partial charge in [0.25, 0.3) is 0 Å². The van der Waals surface area contributed by atoms with Crippen molar-refractivity contribution in [1.29, 1.82) is 0 Å². The molecule has 0 bridgehead atoms. The van der Waals surface area contributed by atoms with Crippen LogP contribution in [0.25, 0.3) is 11.0 Å². The lowest BCUT2D eigenvalue weighted by molar-refractivity contribution is 0.332. The summed E-state index contributed by atoms with van der Waals surface area (Å²) in [5.41, 5.74) is 1.90. The van der Waals surface area contributed by atoms with E-state index in [-0.39, 0.29) is 0 Å². The van der Waals surface area contributed by atoms with E-state index in [0.717, 1.165) is 22.4 Å². The van der Waals surface area contributed by atoms with E-state index in [1.165, 1.54) is 12.8 Å². The van der Waals surface area contributed by atoms with Gasteiger partial charge in [0.05, 0.1) is 12.3 Å². The van der Waals surface area contributed by atoms with Crippen LogP contribution >= 0.6 is 0 Å². The van der Waals surface area contributed by atoms with Gasteiger partial charge in [-0.05, 0) is 31.9 Å². The molecule has 1 aromatic carbocycles. The molecule has 78 valence electrons. The molecule has 0 atom stereocenters. The molecule has 0 unspecified atom stereocenters. The second kappa shape index (κ2) is 3.26. The minimum absolute atomic E-state index is 0.614. The Morgan fingerprint density at radius 2 is 2.33 bits per heavy atom. The van der Waals surface area contributed by atoms with E-state index in [9.17, 15) is 0 Å². The molecular weight excluding hydrogens is 190 g/mol. The minimum atomic E-state index is 0.614. The molecule has 0 radical (unpaired) electrons. The van der Waals surface area contributed by atoms with Gasteiger partial charge in [-0.2, -0.15) is 0 Å². The highest BCUT2D eigenvalue weighted by Gasteiger charge is 2.29. The smallest absolute Gasteiger partial charge is 0.208 e. The Morgan fingerprint density at radius 1 is 1.47 bits per heavy atom. The fourth-order valence-corrected chi connectivity index (χ4v) is 1.88. The summed E-state index contributed by atoms with van der Waals surface area (Å²) in [5, 5.41) is 5.26. The highest BCUT2D eigenvalue weighted by Crippen LogP contribution is 2.43. The predicted molar refractivity (Wildman–Crippen MR) is 57.2 cm³/mol. The lowest BCUT2D eigenvalue weighted by Gasteiger charge is -2.01. The first-order valence-electron chi connectivity index (χ1n) is 5.41. The number of para-hydroxylation sites is 1. The highest BCUT2D eigenvalue weighted by molar-refractivity contribution is 5.85. The molecule has 1 aliphatic carbocycles. The number of fused-ring (bicyclic) bond motifs is 1. The summed E-state index contributed by atoms with van der Waals surface area (Å²) in [6.45, 7) is 2.62. The van der Waals surface area contributed by atoms with Crippen LogP contribution in [0.2, 0.25) is 0 Å². The van der Waals surface area contributed by atoms with Crippen molar-refractivity contribution >= 4 is 11.0 Å². The second-order valence-electron chi connectivity index (χ2n) is 3.91. The Balaban J connectivity index is 2.14. The average molecular weight is 203 g/mol. The van der Waals surface area contributed by atoms with Crippen LogP contribution in [-0.4, -0.2) is 11.8 Å². The Kier molecular flexibility index (Phi) is 1.91. The van der Waals surface area contributed by atoms with Crippen molar-refractivity contribution in [2.75, 3.05) is 6.61 Å². The highest BCUT2D eigenvalue weighted by atomic mass is 16.5. The van der Waals surface area contributed by atoms with Gasteiger partial charge in [-0.25, -0.2) is 0 Å². The summed E-state index contributed by atoms with van der Waals surface area (Å²) in [6.07, 6.45) is 2.47. The van der Waals surface area contributed by atoms with Crippen molar-refractivity contribution in [1.82, 2.24) is 5.16 Å². The van der Waals surface area contributed by atoms with Gasteiger partial charge in [-0.3, -0.25) is 0 Å². The third-order valence-electron chi connectivity index (χ3n) is 2.75. The van der Waals surface area contributed by atoms with Crippen LogP contribution in [0.1, 0.15) is 31.4 Å². The maximum absolute atomic E-state index is 5.50. The molecule has 1 heterocycles. The number of benzene rings is 1. The zero-order valence-electron chi connectivity index (χ0n) is 8.69. The number of hydrogen-bond donors (Lipinski definition) is 0. The van der Waals surface area contributed by atoms with E-state index < -0.39 is 0 Å². The number of hydrogen-bond acceptors (Lipinski definition) is 3. The van der Waals surface area contributed by atoms with E-state index in [1.54, 1.807) is 0 Å². The van der Waals surface area contributed by atoms with Gasteiger partial charge in [0.1, 0.15) is 0 Å². The summed E-state index contributed by atoms with van der Waals surface area (Å²) < 4.78 is 10.9.